The molecule has 0 saturated heterocycles. The Balaban J connectivity index is 2.28. The summed E-state index contributed by atoms with van der Waals surface area (Å²) in [5.74, 6) is -1.62. The lowest BCUT2D eigenvalue weighted by molar-refractivity contribution is 0.494. The molecule has 0 amide bonds. The van der Waals surface area contributed by atoms with Crippen LogP contribution in [-0.2, 0) is 0 Å². The molecule has 19 heavy (non-hydrogen) atoms. The van der Waals surface area contributed by atoms with Crippen LogP contribution in [0.3, 0.4) is 0 Å². The van der Waals surface area contributed by atoms with Crippen LogP contribution in [0.5, 0.6) is 0 Å². The van der Waals surface area contributed by atoms with Gasteiger partial charge < -0.3 is 5.32 Å². The van der Waals surface area contributed by atoms with Crippen molar-refractivity contribution in [3.8, 4) is 0 Å². The van der Waals surface area contributed by atoms with Gasteiger partial charge in [-0.05, 0) is 53.5 Å². The molecular weight excluding hydrogens is 312 g/mol. The molecule has 0 spiro atoms. The quantitative estimate of drug-likeness (QED) is 0.816. The molecule has 0 heterocycles. The van der Waals surface area contributed by atoms with E-state index in [9.17, 15) is 8.78 Å². The molecule has 0 fully saturated rings. The van der Waals surface area contributed by atoms with Crippen molar-refractivity contribution in [1.29, 1.82) is 0 Å². The minimum atomic E-state index is -0.825. The summed E-state index contributed by atoms with van der Waals surface area (Å²) >= 11 is 3.43. The fourth-order valence-electron chi connectivity index (χ4n) is 1.92. The van der Waals surface area contributed by atoms with E-state index in [-0.39, 0.29) is 6.04 Å². The Kier molecular flexibility index (Phi) is 4.20. The first-order chi connectivity index (χ1) is 8.99. The van der Waals surface area contributed by atoms with E-state index in [0.717, 1.165) is 21.8 Å². The molecule has 1 unspecified atom stereocenters. The minimum absolute atomic E-state index is 0.313. The number of anilines is 1. The highest BCUT2D eigenvalue weighted by Gasteiger charge is 2.14. The van der Waals surface area contributed by atoms with E-state index in [1.807, 2.05) is 25.1 Å². The molecule has 1 N–H and O–H groups in total. The van der Waals surface area contributed by atoms with Gasteiger partial charge >= 0.3 is 0 Å². The van der Waals surface area contributed by atoms with Crippen LogP contribution in [0.15, 0.2) is 40.9 Å². The second-order valence-electron chi connectivity index (χ2n) is 4.49. The molecule has 2 aromatic rings. The lowest BCUT2D eigenvalue weighted by Crippen LogP contribution is -2.10. The molecule has 0 aliphatic heterocycles. The summed E-state index contributed by atoms with van der Waals surface area (Å²) in [6.45, 7) is 3.78. The molecule has 0 saturated carbocycles. The number of rotatable bonds is 3. The summed E-state index contributed by atoms with van der Waals surface area (Å²) in [6.07, 6.45) is 0. The summed E-state index contributed by atoms with van der Waals surface area (Å²) in [6, 6.07) is 9.74. The highest BCUT2D eigenvalue weighted by atomic mass is 79.9. The van der Waals surface area contributed by atoms with Crippen molar-refractivity contribution < 1.29 is 8.78 Å². The lowest BCUT2D eigenvalue weighted by atomic mass is 10.1. The van der Waals surface area contributed by atoms with E-state index in [1.54, 1.807) is 13.0 Å². The van der Waals surface area contributed by atoms with Crippen molar-refractivity contribution in [3.63, 3.8) is 0 Å². The predicted octanol–water partition coefficient (Wildman–Crippen LogP) is 5.21. The summed E-state index contributed by atoms with van der Waals surface area (Å²) in [4.78, 5) is 0. The van der Waals surface area contributed by atoms with Crippen molar-refractivity contribution in [2.45, 2.75) is 19.9 Å². The standard InChI is InChI=1S/C15H14BrF2N/c1-9-6-7-12(16)14(8-9)19-10(2)11-4-3-5-13(17)15(11)18/h3-8,10,19H,1-2H3. The lowest BCUT2D eigenvalue weighted by Gasteiger charge is -2.18. The molecule has 0 bridgehead atoms. The topological polar surface area (TPSA) is 12.0 Å². The second kappa shape index (κ2) is 5.70. The normalized spacial score (nSPS) is 12.3. The van der Waals surface area contributed by atoms with E-state index >= 15 is 0 Å². The van der Waals surface area contributed by atoms with Crippen LogP contribution in [0.25, 0.3) is 0 Å². The molecule has 1 nitrogen and oxygen atoms in total. The molecule has 0 aromatic heterocycles. The van der Waals surface area contributed by atoms with Gasteiger partial charge in [-0.1, -0.05) is 18.2 Å². The van der Waals surface area contributed by atoms with E-state index in [0.29, 0.717) is 5.56 Å². The van der Waals surface area contributed by atoms with Crippen molar-refractivity contribution >= 4 is 21.6 Å². The number of hydrogen-bond acceptors (Lipinski definition) is 1. The number of halogens is 3. The van der Waals surface area contributed by atoms with Gasteiger partial charge in [-0.25, -0.2) is 8.78 Å². The Morgan fingerprint density at radius 2 is 1.89 bits per heavy atom. The molecule has 0 aliphatic rings. The Morgan fingerprint density at radius 1 is 1.16 bits per heavy atom. The van der Waals surface area contributed by atoms with Crippen LogP contribution in [-0.4, -0.2) is 0 Å². The number of nitrogens with one attached hydrogen (secondary N) is 1. The zero-order valence-corrected chi connectivity index (χ0v) is 12.3. The molecule has 2 rings (SSSR count). The van der Waals surface area contributed by atoms with Gasteiger partial charge in [0.2, 0.25) is 0 Å². The first-order valence-corrected chi connectivity index (χ1v) is 6.75. The average molecular weight is 326 g/mol. The molecule has 0 radical (unpaired) electrons. The van der Waals surface area contributed by atoms with E-state index in [2.05, 4.69) is 21.2 Å². The Labute approximate surface area is 119 Å². The summed E-state index contributed by atoms with van der Waals surface area (Å²) in [7, 11) is 0. The molecule has 0 aliphatic carbocycles. The third-order valence-electron chi connectivity index (χ3n) is 2.94. The van der Waals surface area contributed by atoms with E-state index in [1.165, 1.54) is 6.07 Å². The maximum Gasteiger partial charge on any atom is 0.164 e. The smallest absolute Gasteiger partial charge is 0.164 e. The van der Waals surface area contributed by atoms with Crippen LogP contribution >= 0.6 is 15.9 Å². The van der Waals surface area contributed by atoms with Crippen molar-refractivity contribution in [1.82, 2.24) is 0 Å². The van der Waals surface area contributed by atoms with Gasteiger partial charge in [-0.2, -0.15) is 0 Å². The Hall–Kier alpha value is -1.42. The first kappa shape index (κ1) is 14.0. The van der Waals surface area contributed by atoms with Crippen LogP contribution in [0, 0.1) is 18.6 Å². The van der Waals surface area contributed by atoms with Crippen LogP contribution in [0.4, 0.5) is 14.5 Å². The third-order valence-corrected chi connectivity index (χ3v) is 3.63. The summed E-state index contributed by atoms with van der Waals surface area (Å²) < 4.78 is 27.8. The maximum absolute atomic E-state index is 13.7. The number of hydrogen-bond donors (Lipinski definition) is 1. The fraction of sp³-hybridized carbons (Fsp3) is 0.200. The average Bonchev–Trinajstić information content (AvgIpc) is 2.37. The fourth-order valence-corrected chi connectivity index (χ4v) is 2.28. The third kappa shape index (κ3) is 3.13. The number of benzene rings is 2. The first-order valence-electron chi connectivity index (χ1n) is 5.95. The second-order valence-corrected chi connectivity index (χ2v) is 5.35. The number of aryl methyl sites for hydroxylation is 1. The SMILES string of the molecule is Cc1ccc(Br)c(NC(C)c2cccc(F)c2F)c1. The molecular formula is C15H14BrF2N. The summed E-state index contributed by atoms with van der Waals surface area (Å²) in [5.41, 5.74) is 2.27. The van der Waals surface area contributed by atoms with Gasteiger partial charge in [0.25, 0.3) is 0 Å². The maximum atomic E-state index is 13.7. The Bertz CT molecular complexity index is 599. The highest BCUT2D eigenvalue weighted by molar-refractivity contribution is 9.10. The van der Waals surface area contributed by atoms with Gasteiger partial charge in [-0.15, -0.1) is 0 Å². The molecule has 1 atom stereocenters. The zero-order valence-electron chi connectivity index (χ0n) is 10.7. The van der Waals surface area contributed by atoms with Gasteiger partial charge in [0, 0.05) is 15.7 Å². The summed E-state index contributed by atoms with van der Waals surface area (Å²) in [5, 5.41) is 3.18. The van der Waals surface area contributed by atoms with Gasteiger partial charge in [0.1, 0.15) is 0 Å². The molecule has 2 aromatic carbocycles. The van der Waals surface area contributed by atoms with Gasteiger partial charge in [0.05, 0.1) is 6.04 Å². The largest absolute Gasteiger partial charge is 0.377 e. The zero-order chi connectivity index (χ0) is 14.0. The predicted molar refractivity (Wildman–Crippen MR) is 77.3 cm³/mol. The van der Waals surface area contributed by atoms with Crippen molar-refractivity contribution in [3.05, 3.63) is 63.6 Å². The van der Waals surface area contributed by atoms with Crippen LogP contribution in [0.2, 0.25) is 0 Å². The Morgan fingerprint density at radius 3 is 2.63 bits per heavy atom. The van der Waals surface area contributed by atoms with Crippen molar-refractivity contribution in [2.75, 3.05) is 5.32 Å². The van der Waals surface area contributed by atoms with Gasteiger partial charge in [0.15, 0.2) is 11.6 Å². The molecule has 4 heteroatoms. The highest BCUT2D eigenvalue weighted by Crippen LogP contribution is 2.28. The van der Waals surface area contributed by atoms with Crippen molar-refractivity contribution in [2.24, 2.45) is 0 Å². The van der Waals surface area contributed by atoms with Crippen LogP contribution in [0.1, 0.15) is 24.1 Å². The van der Waals surface area contributed by atoms with E-state index in [4.69, 9.17) is 0 Å². The van der Waals surface area contributed by atoms with E-state index < -0.39 is 11.6 Å². The van der Waals surface area contributed by atoms with Crippen LogP contribution < -0.4 is 5.32 Å². The molecule has 100 valence electrons. The monoisotopic (exact) mass is 325 g/mol. The minimum Gasteiger partial charge on any atom is -0.377 e. The van der Waals surface area contributed by atoms with Gasteiger partial charge in [-0.3, -0.25) is 0 Å².